The van der Waals surface area contributed by atoms with Crippen molar-refractivity contribution in [3.63, 3.8) is 0 Å². The van der Waals surface area contributed by atoms with Crippen molar-refractivity contribution in [3.8, 4) is 0 Å². The molecule has 1 amide bonds. The quantitative estimate of drug-likeness (QED) is 0.812. The molecule has 2 aromatic rings. The normalized spacial score (nSPS) is 10.3. The summed E-state index contributed by atoms with van der Waals surface area (Å²) in [6, 6.07) is 9.97. The van der Waals surface area contributed by atoms with Gasteiger partial charge >= 0.3 is 0 Å². The molecule has 0 aliphatic heterocycles. The molecule has 0 saturated heterocycles. The summed E-state index contributed by atoms with van der Waals surface area (Å²) in [5.41, 5.74) is 0.837. The Bertz CT molecular complexity index is 536. The van der Waals surface area contributed by atoms with Gasteiger partial charge in [-0.25, -0.2) is 0 Å². The lowest BCUT2D eigenvalue weighted by atomic mass is 10.3. The Morgan fingerprint density at radius 1 is 1.33 bits per heavy atom. The summed E-state index contributed by atoms with van der Waals surface area (Å²) in [4.78, 5) is 13.4. The second kappa shape index (κ2) is 6.41. The van der Waals surface area contributed by atoms with Gasteiger partial charge in [-0.15, -0.1) is 23.1 Å². The van der Waals surface area contributed by atoms with Gasteiger partial charge in [0.1, 0.15) is 0 Å². The van der Waals surface area contributed by atoms with E-state index < -0.39 is 0 Å². The monoisotopic (exact) mass is 341 g/mol. The van der Waals surface area contributed by atoms with E-state index in [1.165, 1.54) is 21.2 Å². The number of thiophene rings is 1. The van der Waals surface area contributed by atoms with Gasteiger partial charge in [0, 0.05) is 32.6 Å². The van der Waals surface area contributed by atoms with E-state index in [0.717, 1.165) is 11.4 Å². The highest BCUT2D eigenvalue weighted by Gasteiger charge is 2.02. The SMILES string of the molecule is CC(=O)Nc1ccc(SCc2sccc2Br)cc1. The molecule has 0 aliphatic rings. The summed E-state index contributed by atoms with van der Waals surface area (Å²) in [7, 11) is 0. The van der Waals surface area contributed by atoms with E-state index in [0.29, 0.717) is 0 Å². The van der Waals surface area contributed by atoms with E-state index in [-0.39, 0.29) is 5.91 Å². The molecule has 0 radical (unpaired) electrons. The minimum Gasteiger partial charge on any atom is -0.326 e. The molecule has 0 aliphatic carbocycles. The fourth-order valence-electron chi connectivity index (χ4n) is 1.41. The van der Waals surface area contributed by atoms with Crippen LogP contribution in [-0.2, 0) is 10.5 Å². The van der Waals surface area contributed by atoms with Crippen molar-refractivity contribution in [2.75, 3.05) is 5.32 Å². The standard InChI is InChI=1S/C13H12BrNOS2/c1-9(16)15-10-2-4-11(5-3-10)18-8-13-12(14)6-7-17-13/h2-7H,8H2,1H3,(H,15,16). The number of hydrogen-bond acceptors (Lipinski definition) is 3. The molecule has 0 saturated carbocycles. The van der Waals surface area contributed by atoms with Crippen LogP contribution in [0, 0.1) is 0 Å². The highest BCUT2D eigenvalue weighted by Crippen LogP contribution is 2.30. The topological polar surface area (TPSA) is 29.1 Å². The Hall–Kier alpha value is -0.780. The maximum atomic E-state index is 10.9. The predicted octanol–water partition coefficient (Wildman–Crippen LogP) is 4.76. The first-order valence-corrected chi connectivity index (χ1v) is 8.03. The lowest BCUT2D eigenvalue weighted by Crippen LogP contribution is -2.05. The highest BCUT2D eigenvalue weighted by atomic mass is 79.9. The predicted molar refractivity (Wildman–Crippen MR) is 82.3 cm³/mol. The number of rotatable bonds is 4. The number of carbonyl (C=O) groups excluding carboxylic acids is 1. The van der Waals surface area contributed by atoms with Crippen molar-refractivity contribution < 1.29 is 4.79 Å². The number of thioether (sulfide) groups is 1. The van der Waals surface area contributed by atoms with E-state index in [2.05, 4.69) is 32.7 Å². The van der Waals surface area contributed by atoms with Gasteiger partial charge in [-0.3, -0.25) is 4.79 Å². The minimum absolute atomic E-state index is 0.0436. The number of amides is 1. The summed E-state index contributed by atoms with van der Waals surface area (Å²) < 4.78 is 1.18. The fourth-order valence-corrected chi connectivity index (χ4v) is 4.11. The summed E-state index contributed by atoms with van der Waals surface area (Å²) in [6.07, 6.45) is 0. The number of halogens is 1. The molecule has 0 bridgehead atoms. The molecule has 5 heteroatoms. The van der Waals surface area contributed by atoms with Gasteiger partial charge < -0.3 is 5.32 Å². The van der Waals surface area contributed by atoms with E-state index in [4.69, 9.17) is 0 Å². The van der Waals surface area contributed by atoms with E-state index in [1.54, 1.807) is 23.1 Å². The van der Waals surface area contributed by atoms with Gasteiger partial charge in [0.15, 0.2) is 0 Å². The van der Waals surface area contributed by atoms with Crippen LogP contribution in [0.4, 0.5) is 5.69 Å². The van der Waals surface area contributed by atoms with Crippen LogP contribution in [-0.4, -0.2) is 5.91 Å². The molecular weight excluding hydrogens is 330 g/mol. The molecule has 1 aromatic carbocycles. The van der Waals surface area contributed by atoms with Crippen LogP contribution in [0.2, 0.25) is 0 Å². The molecule has 0 unspecified atom stereocenters. The maximum Gasteiger partial charge on any atom is 0.221 e. The van der Waals surface area contributed by atoms with Gasteiger partial charge in [0.25, 0.3) is 0 Å². The summed E-state index contributed by atoms with van der Waals surface area (Å²) in [5.74, 6) is 0.912. The Labute approximate surface area is 123 Å². The van der Waals surface area contributed by atoms with Crippen molar-refractivity contribution in [1.29, 1.82) is 0 Å². The number of anilines is 1. The fraction of sp³-hybridized carbons (Fsp3) is 0.154. The zero-order chi connectivity index (χ0) is 13.0. The van der Waals surface area contributed by atoms with E-state index in [9.17, 15) is 4.79 Å². The number of benzene rings is 1. The molecule has 1 heterocycles. The van der Waals surface area contributed by atoms with Crippen LogP contribution < -0.4 is 5.32 Å². The Kier molecular flexibility index (Phi) is 4.86. The first kappa shape index (κ1) is 13.6. The zero-order valence-electron chi connectivity index (χ0n) is 9.77. The number of nitrogens with one attached hydrogen (secondary N) is 1. The van der Waals surface area contributed by atoms with E-state index >= 15 is 0 Å². The van der Waals surface area contributed by atoms with Crippen molar-refractivity contribution in [3.05, 3.63) is 45.1 Å². The largest absolute Gasteiger partial charge is 0.326 e. The molecule has 2 rings (SSSR count). The second-order valence-electron chi connectivity index (χ2n) is 3.69. The van der Waals surface area contributed by atoms with Gasteiger partial charge in [-0.2, -0.15) is 0 Å². The molecule has 1 N–H and O–H groups in total. The van der Waals surface area contributed by atoms with Crippen LogP contribution in [0.25, 0.3) is 0 Å². The van der Waals surface area contributed by atoms with E-state index in [1.807, 2.05) is 24.3 Å². The first-order chi connectivity index (χ1) is 8.65. The summed E-state index contributed by atoms with van der Waals surface area (Å²) in [6.45, 7) is 1.51. The molecule has 0 atom stereocenters. The van der Waals surface area contributed by atoms with Crippen LogP contribution in [0.15, 0.2) is 45.1 Å². The lowest BCUT2D eigenvalue weighted by Gasteiger charge is -2.04. The van der Waals surface area contributed by atoms with Crippen molar-refractivity contribution in [2.24, 2.45) is 0 Å². The molecule has 0 fully saturated rings. The highest BCUT2D eigenvalue weighted by molar-refractivity contribution is 9.10. The molecule has 1 aromatic heterocycles. The number of hydrogen-bond donors (Lipinski definition) is 1. The summed E-state index contributed by atoms with van der Waals surface area (Å²) >= 11 is 7.07. The lowest BCUT2D eigenvalue weighted by molar-refractivity contribution is -0.114. The van der Waals surface area contributed by atoms with Crippen molar-refractivity contribution in [2.45, 2.75) is 17.6 Å². The van der Waals surface area contributed by atoms with Crippen molar-refractivity contribution >= 4 is 50.6 Å². The van der Waals surface area contributed by atoms with Crippen molar-refractivity contribution in [1.82, 2.24) is 0 Å². The number of carbonyl (C=O) groups is 1. The van der Waals surface area contributed by atoms with Crippen LogP contribution in [0.5, 0.6) is 0 Å². The average molecular weight is 342 g/mol. The molecule has 18 heavy (non-hydrogen) atoms. The first-order valence-electron chi connectivity index (χ1n) is 5.37. The maximum absolute atomic E-state index is 10.9. The zero-order valence-corrected chi connectivity index (χ0v) is 13.0. The van der Waals surface area contributed by atoms with Gasteiger partial charge in [0.05, 0.1) is 0 Å². The third-order valence-corrected chi connectivity index (χ3v) is 5.38. The Morgan fingerprint density at radius 3 is 2.61 bits per heavy atom. The summed E-state index contributed by atoms with van der Waals surface area (Å²) in [5, 5.41) is 4.84. The Balaban J connectivity index is 1.94. The Morgan fingerprint density at radius 2 is 2.06 bits per heavy atom. The molecule has 2 nitrogen and oxygen atoms in total. The second-order valence-corrected chi connectivity index (χ2v) is 6.59. The average Bonchev–Trinajstić information content (AvgIpc) is 2.73. The molecule has 0 spiro atoms. The molecule has 94 valence electrons. The third-order valence-electron chi connectivity index (χ3n) is 2.24. The third kappa shape index (κ3) is 3.86. The van der Waals surface area contributed by atoms with Crippen LogP contribution >= 0.6 is 39.0 Å². The van der Waals surface area contributed by atoms with Crippen LogP contribution in [0.3, 0.4) is 0 Å². The smallest absolute Gasteiger partial charge is 0.221 e. The van der Waals surface area contributed by atoms with Gasteiger partial charge in [-0.05, 0) is 51.6 Å². The minimum atomic E-state index is -0.0436. The van der Waals surface area contributed by atoms with Gasteiger partial charge in [0.2, 0.25) is 5.91 Å². The van der Waals surface area contributed by atoms with Gasteiger partial charge in [-0.1, -0.05) is 0 Å². The molecular formula is C13H12BrNOS2. The van der Waals surface area contributed by atoms with Crippen LogP contribution in [0.1, 0.15) is 11.8 Å².